The lowest BCUT2D eigenvalue weighted by atomic mass is 9.78. The molecular weight excluding hydrogens is 522 g/mol. The average Bonchev–Trinajstić information content (AvgIpc) is 3.30. The van der Waals surface area contributed by atoms with Crippen molar-refractivity contribution in [2.45, 2.75) is 48.5 Å². The maximum Gasteiger partial charge on any atom is 0.247 e. The van der Waals surface area contributed by atoms with Gasteiger partial charge < -0.3 is 19.8 Å². The quantitative estimate of drug-likeness (QED) is 0.529. The van der Waals surface area contributed by atoms with Crippen LogP contribution in [0.4, 0.5) is 0 Å². The van der Waals surface area contributed by atoms with Crippen LogP contribution in [0.5, 0.6) is 0 Å². The zero-order valence-electron chi connectivity index (χ0n) is 22.6. The fourth-order valence-electron chi connectivity index (χ4n) is 6.87. The number of nitrogens with zero attached hydrogens (tertiary/aromatic N) is 3. The predicted octanol–water partition coefficient (Wildman–Crippen LogP) is 3.25. The van der Waals surface area contributed by atoms with E-state index in [0.29, 0.717) is 32.6 Å². The standard InChI is InChI=1S/C32H35N3O4S/c1-2-24(21-36)35-28-31(39)34(20-23-13-7-4-8-14-23)18-10-16-32(28)27(30(35)38)26-25(40-32)15-9-17-33(29(26)37)19-22-11-5-3-6-12-22/h3-16,24-28,36H,2,17-21H2,1H3/t24-,25-,26+,27-,28?,32-/m0/s1. The van der Waals surface area contributed by atoms with Gasteiger partial charge in [-0.3, -0.25) is 14.4 Å². The first-order valence-corrected chi connectivity index (χ1v) is 15.0. The van der Waals surface area contributed by atoms with E-state index in [2.05, 4.69) is 6.08 Å². The summed E-state index contributed by atoms with van der Waals surface area (Å²) in [6.45, 7) is 3.49. The minimum atomic E-state index is -0.882. The first-order chi connectivity index (χ1) is 19.5. The third-order valence-corrected chi connectivity index (χ3v) is 10.5. The number of carbonyl (C=O) groups is 3. The second kappa shape index (κ2) is 10.9. The van der Waals surface area contributed by atoms with E-state index in [9.17, 15) is 19.5 Å². The Morgan fingerprint density at radius 2 is 1.48 bits per heavy atom. The van der Waals surface area contributed by atoms with E-state index in [0.717, 1.165) is 11.1 Å². The molecule has 3 amide bonds. The molecule has 2 saturated heterocycles. The van der Waals surface area contributed by atoms with Gasteiger partial charge in [-0.15, -0.1) is 11.8 Å². The van der Waals surface area contributed by atoms with Gasteiger partial charge >= 0.3 is 0 Å². The van der Waals surface area contributed by atoms with E-state index >= 15 is 0 Å². The lowest BCUT2D eigenvalue weighted by molar-refractivity contribution is -0.147. The molecule has 4 aliphatic heterocycles. The molecule has 1 spiro atoms. The van der Waals surface area contributed by atoms with E-state index in [-0.39, 0.29) is 29.6 Å². The molecule has 0 bridgehead atoms. The maximum absolute atomic E-state index is 14.4. The number of fused-ring (bicyclic) bond motifs is 2. The third-order valence-electron chi connectivity index (χ3n) is 8.77. The molecule has 4 aliphatic rings. The summed E-state index contributed by atoms with van der Waals surface area (Å²) in [5.74, 6) is -1.64. The van der Waals surface area contributed by atoms with Crippen LogP contribution in [0.25, 0.3) is 0 Å². The number of amides is 3. The summed E-state index contributed by atoms with van der Waals surface area (Å²) in [6.07, 6.45) is 8.64. The Morgan fingerprint density at radius 1 is 0.875 bits per heavy atom. The van der Waals surface area contributed by atoms with Crippen molar-refractivity contribution in [2.75, 3.05) is 19.7 Å². The van der Waals surface area contributed by atoms with Gasteiger partial charge in [-0.2, -0.15) is 0 Å². The minimum Gasteiger partial charge on any atom is -0.394 e. The van der Waals surface area contributed by atoms with Crippen molar-refractivity contribution >= 4 is 29.5 Å². The molecule has 4 heterocycles. The molecule has 0 saturated carbocycles. The van der Waals surface area contributed by atoms with Gasteiger partial charge in [-0.25, -0.2) is 0 Å². The molecule has 6 atom stereocenters. The number of aliphatic hydroxyl groups is 1. The normalized spacial score (nSPS) is 30.1. The van der Waals surface area contributed by atoms with Crippen LogP contribution in [0, 0.1) is 11.8 Å². The summed E-state index contributed by atoms with van der Waals surface area (Å²) in [5, 5.41) is 10.1. The molecular formula is C32H35N3O4S. The van der Waals surface area contributed by atoms with Crippen LogP contribution in [0.1, 0.15) is 24.5 Å². The zero-order chi connectivity index (χ0) is 27.9. The van der Waals surface area contributed by atoms with Crippen LogP contribution in [-0.2, 0) is 27.5 Å². The van der Waals surface area contributed by atoms with Gasteiger partial charge in [0.1, 0.15) is 6.04 Å². The Balaban J connectivity index is 1.39. The molecule has 1 unspecified atom stereocenters. The molecule has 40 heavy (non-hydrogen) atoms. The van der Waals surface area contributed by atoms with Gasteiger partial charge in [0, 0.05) is 31.4 Å². The Labute approximate surface area is 239 Å². The van der Waals surface area contributed by atoms with Gasteiger partial charge in [0.15, 0.2) is 0 Å². The lowest BCUT2D eigenvalue weighted by Gasteiger charge is -2.38. The number of hydrogen-bond donors (Lipinski definition) is 1. The van der Waals surface area contributed by atoms with Crippen LogP contribution in [0.15, 0.2) is 85.0 Å². The summed E-state index contributed by atoms with van der Waals surface area (Å²) < 4.78 is -0.882. The molecule has 2 aromatic carbocycles. The fraction of sp³-hybridized carbons (Fsp3) is 0.406. The van der Waals surface area contributed by atoms with Crippen LogP contribution in [0.3, 0.4) is 0 Å². The topological polar surface area (TPSA) is 81.2 Å². The van der Waals surface area contributed by atoms with Crippen LogP contribution in [0.2, 0.25) is 0 Å². The van der Waals surface area contributed by atoms with Crippen LogP contribution in [-0.4, -0.2) is 79.3 Å². The van der Waals surface area contributed by atoms with E-state index in [1.807, 2.05) is 90.7 Å². The summed E-state index contributed by atoms with van der Waals surface area (Å²) in [6, 6.07) is 18.4. The predicted molar refractivity (Wildman–Crippen MR) is 155 cm³/mol. The molecule has 0 aromatic heterocycles. The minimum absolute atomic E-state index is 0.0505. The molecule has 2 aromatic rings. The molecule has 8 heteroatoms. The Morgan fingerprint density at radius 3 is 2.08 bits per heavy atom. The Hall–Kier alpha value is -3.36. The number of benzene rings is 2. The second-order valence-electron chi connectivity index (χ2n) is 11.1. The molecule has 2 fully saturated rings. The fourth-order valence-corrected chi connectivity index (χ4v) is 8.87. The zero-order valence-corrected chi connectivity index (χ0v) is 23.5. The van der Waals surface area contributed by atoms with E-state index in [4.69, 9.17) is 0 Å². The van der Waals surface area contributed by atoms with Gasteiger partial charge in [0.25, 0.3) is 0 Å². The average molecular weight is 558 g/mol. The summed E-state index contributed by atoms with van der Waals surface area (Å²) in [4.78, 5) is 48.3. The highest BCUT2D eigenvalue weighted by Crippen LogP contribution is 2.61. The highest BCUT2D eigenvalue weighted by molar-refractivity contribution is 8.02. The Bertz CT molecular complexity index is 1330. The van der Waals surface area contributed by atoms with Crippen LogP contribution < -0.4 is 0 Å². The van der Waals surface area contributed by atoms with Crippen molar-refractivity contribution in [2.24, 2.45) is 11.8 Å². The smallest absolute Gasteiger partial charge is 0.247 e. The highest BCUT2D eigenvalue weighted by atomic mass is 32.2. The SMILES string of the molecule is CC[C@@H](CO)N1C(=O)[C@@H]2[C@@H]3C(=O)N(Cc4ccccc4)CC=C[C@@H]3S[C@@]23C=CCN(Cc2ccccc2)C(=O)C13. The number of thioether (sulfide) groups is 1. The van der Waals surface area contributed by atoms with Gasteiger partial charge in [0.2, 0.25) is 17.7 Å². The number of rotatable bonds is 7. The number of hydrogen-bond acceptors (Lipinski definition) is 5. The van der Waals surface area contributed by atoms with Crippen molar-refractivity contribution in [1.29, 1.82) is 0 Å². The monoisotopic (exact) mass is 557 g/mol. The van der Waals surface area contributed by atoms with Crippen molar-refractivity contribution < 1.29 is 19.5 Å². The summed E-state index contributed by atoms with van der Waals surface area (Å²) in [7, 11) is 0. The molecule has 1 N–H and O–H groups in total. The molecule has 7 nitrogen and oxygen atoms in total. The van der Waals surface area contributed by atoms with E-state index in [1.54, 1.807) is 21.6 Å². The molecule has 0 aliphatic carbocycles. The third kappa shape index (κ3) is 4.38. The summed E-state index contributed by atoms with van der Waals surface area (Å²) >= 11 is 1.58. The van der Waals surface area contributed by atoms with Gasteiger partial charge in [-0.1, -0.05) is 91.9 Å². The van der Waals surface area contributed by atoms with Crippen molar-refractivity contribution in [1.82, 2.24) is 14.7 Å². The van der Waals surface area contributed by atoms with Crippen LogP contribution >= 0.6 is 11.8 Å². The van der Waals surface area contributed by atoms with Crippen molar-refractivity contribution in [3.05, 3.63) is 96.1 Å². The van der Waals surface area contributed by atoms with E-state index < -0.39 is 28.7 Å². The maximum atomic E-state index is 14.4. The van der Waals surface area contributed by atoms with E-state index in [1.165, 1.54) is 0 Å². The van der Waals surface area contributed by atoms with Gasteiger partial charge in [-0.05, 0) is 17.5 Å². The van der Waals surface area contributed by atoms with Gasteiger partial charge in [0.05, 0.1) is 29.2 Å². The lowest BCUT2D eigenvalue weighted by Crippen LogP contribution is -2.56. The largest absolute Gasteiger partial charge is 0.394 e. The number of carbonyl (C=O) groups excluding carboxylic acids is 3. The molecule has 0 radical (unpaired) electrons. The number of aliphatic hydroxyl groups excluding tert-OH is 1. The number of likely N-dealkylation sites (tertiary alicyclic amines) is 1. The first kappa shape index (κ1) is 26.8. The first-order valence-electron chi connectivity index (χ1n) is 14.1. The highest BCUT2D eigenvalue weighted by Gasteiger charge is 2.71. The molecule has 208 valence electrons. The molecule has 6 rings (SSSR count). The van der Waals surface area contributed by atoms with Crippen molar-refractivity contribution in [3.63, 3.8) is 0 Å². The Kier molecular flexibility index (Phi) is 7.31. The van der Waals surface area contributed by atoms with Crippen molar-refractivity contribution in [3.8, 4) is 0 Å². The second-order valence-corrected chi connectivity index (χ2v) is 12.6. The summed E-state index contributed by atoms with van der Waals surface area (Å²) in [5.41, 5.74) is 2.05.